The van der Waals surface area contributed by atoms with E-state index in [0.717, 1.165) is 38.5 Å². The highest BCUT2D eigenvalue weighted by Gasteiger charge is 2.15. The number of carbonyl (C=O) groups excluding carboxylic acids is 2. The minimum atomic E-state index is -0.596. The van der Waals surface area contributed by atoms with Crippen LogP contribution in [0.2, 0.25) is 0 Å². The third-order valence-corrected chi connectivity index (χ3v) is 4.85. The lowest BCUT2D eigenvalue weighted by Gasteiger charge is -2.13. The van der Waals surface area contributed by atoms with Gasteiger partial charge in [-0.3, -0.25) is 14.6 Å². The number of carbonyl (C=O) groups is 2. The quantitative estimate of drug-likeness (QED) is 0.238. The summed E-state index contributed by atoms with van der Waals surface area (Å²) in [5, 5.41) is 5.47. The van der Waals surface area contributed by atoms with Crippen LogP contribution in [0.3, 0.4) is 0 Å². The van der Waals surface area contributed by atoms with E-state index >= 15 is 0 Å². The molecule has 1 heterocycles. The molecule has 1 atom stereocenters. The minimum absolute atomic E-state index is 0.137. The number of nitrogens with zero attached hydrogens (tertiary/aromatic N) is 1. The van der Waals surface area contributed by atoms with Crippen LogP contribution in [-0.2, 0) is 9.59 Å². The molecule has 0 fully saturated rings. The summed E-state index contributed by atoms with van der Waals surface area (Å²) in [4.78, 5) is 28.0. The molecule has 0 saturated heterocycles. The molecule has 35 heavy (non-hydrogen) atoms. The average molecular weight is 476 g/mol. The first-order valence-electron chi connectivity index (χ1n) is 12.5. The van der Waals surface area contributed by atoms with Gasteiger partial charge in [0.2, 0.25) is 11.8 Å². The van der Waals surface area contributed by atoms with Gasteiger partial charge in [-0.05, 0) is 64.0 Å². The van der Waals surface area contributed by atoms with E-state index in [2.05, 4.69) is 89.4 Å². The predicted octanol–water partition coefficient (Wildman–Crippen LogP) is 7.00. The van der Waals surface area contributed by atoms with E-state index in [1.807, 2.05) is 6.08 Å². The van der Waals surface area contributed by atoms with Gasteiger partial charge in [-0.2, -0.15) is 0 Å². The van der Waals surface area contributed by atoms with E-state index in [-0.39, 0.29) is 11.8 Å². The Hall–Kier alpha value is -3.47. The van der Waals surface area contributed by atoms with Crippen molar-refractivity contribution in [2.24, 2.45) is 0 Å². The van der Waals surface area contributed by atoms with Crippen molar-refractivity contribution in [1.29, 1.82) is 0 Å². The fourth-order valence-electron chi connectivity index (χ4n) is 2.92. The van der Waals surface area contributed by atoms with Gasteiger partial charge >= 0.3 is 0 Å². The minimum Gasteiger partial charge on any atom is -0.345 e. The molecular formula is C30H41N3O2. The van der Waals surface area contributed by atoms with Crippen LogP contribution in [0.25, 0.3) is 0 Å². The van der Waals surface area contributed by atoms with Gasteiger partial charge in [-0.1, -0.05) is 79.8 Å². The second-order valence-corrected chi connectivity index (χ2v) is 7.97. The first-order valence-corrected chi connectivity index (χ1v) is 12.5. The monoisotopic (exact) mass is 475 g/mol. The zero-order valence-corrected chi connectivity index (χ0v) is 21.2. The molecule has 188 valence electrons. The number of aromatic nitrogens is 1. The first kappa shape index (κ1) is 29.6. The maximum Gasteiger partial charge on any atom is 0.246 e. The van der Waals surface area contributed by atoms with Gasteiger partial charge < -0.3 is 10.6 Å². The predicted molar refractivity (Wildman–Crippen MR) is 148 cm³/mol. The first-order chi connectivity index (χ1) is 17.1. The topological polar surface area (TPSA) is 71.1 Å². The highest BCUT2D eigenvalue weighted by atomic mass is 16.2. The molecule has 1 rings (SSSR count). The van der Waals surface area contributed by atoms with E-state index in [0.29, 0.717) is 18.5 Å². The third-order valence-electron chi connectivity index (χ3n) is 4.85. The summed E-state index contributed by atoms with van der Waals surface area (Å²) in [6.07, 6.45) is 35.9. The average Bonchev–Trinajstić information content (AvgIpc) is 2.86. The number of hydrogen-bond acceptors (Lipinski definition) is 3. The van der Waals surface area contributed by atoms with Crippen LogP contribution in [0.15, 0.2) is 97.4 Å². The summed E-state index contributed by atoms with van der Waals surface area (Å²) in [6.45, 7) is 3.82. The van der Waals surface area contributed by atoms with Crippen molar-refractivity contribution in [3.63, 3.8) is 0 Å². The summed E-state index contributed by atoms with van der Waals surface area (Å²) in [7, 11) is 0. The van der Waals surface area contributed by atoms with Gasteiger partial charge in [0.05, 0.1) is 0 Å². The highest BCUT2D eigenvalue weighted by Crippen LogP contribution is 2.04. The van der Waals surface area contributed by atoms with E-state index in [4.69, 9.17) is 0 Å². The second kappa shape index (κ2) is 21.1. The number of anilines is 1. The Bertz CT molecular complexity index is 880. The number of allylic oxidation sites excluding steroid dienone is 12. The van der Waals surface area contributed by atoms with Gasteiger partial charge in [0.15, 0.2) is 0 Å². The van der Waals surface area contributed by atoms with Gasteiger partial charge in [0.1, 0.15) is 6.04 Å². The van der Waals surface area contributed by atoms with Gasteiger partial charge in [-0.25, -0.2) is 0 Å². The Morgan fingerprint density at radius 2 is 1.23 bits per heavy atom. The zero-order valence-electron chi connectivity index (χ0n) is 21.2. The van der Waals surface area contributed by atoms with Crippen molar-refractivity contribution in [3.05, 3.63) is 97.4 Å². The lowest BCUT2D eigenvalue weighted by atomic mass is 10.2. The largest absolute Gasteiger partial charge is 0.345 e. The second-order valence-electron chi connectivity index (χ2n) is 7.97. The number of rotatable bonds is 17. The number of nitrogens with one attached hydrogen (secondary N) is 2. The van der Waals surface area contributed by atoms with E-state index < -0.39 is 6.04 Å². The third kappa shape index (κ3) is 17.6. The number of hydrogen-bond donors (Lipinski definition) is 2. The van der Waals surface area contributed by atoms with Crippen LogP contribution in [0.4, 0.5) is 5.69 Å². The SMILES string of the molecule is CCC=CCC=CCC=CCC=CCC=CCC=CCCC(=O)N[C@@H](C)C(=O)Nc1ccncc1. The molecule has 0 saturated carbocycles. The molecule has 0 aromatic carbocycles. The fraction of sp³-hybridized carbons (Fsp3) is 0.367. The Balaban J connectivity index is 2.05. The molecule has 2 amide bonds. The Morgan fingerprint density at radius 1 is 0.771 bits per heavy atom. The molecule has 5 heteroatoms. The van der Waals surface area contributed by atoms with Crippen LogP contribution < -0.4 is 10.6 Å². The molecular weight excluding hydrogens is 434 g/mol. The fourth-order valence-corrected chi connectivity index (χ4v) is 2.92. The van der Waals surface area contributed by atoms with E-state index in [1.165, 1.54) is 0 Å². The Kier molecular flexibility index (Phi) is 17.8. The van der Waals surface area contributed by atoms with Crippen LogP contribution in [0.5, 0.6) is 0 Å². The van der Waals surface area contributed by atoms with Gasteiger partial charge in [0.25, 0.3) is 0 Å². The molecule has 5 nitrogen and oxygen atoms in total. The molecule has 0 bridgehead atoms. The summed E-state index contributed by atoms with van der Waals surface area (Å²) < 4.78 is 0. The number of amides is 2. The smallest absolute Gasteiger partial charge is 0.246 e. The van der Waals surface area contributed by atoms with Gasteiger partial charge in [-0.15, -0.1) is 0 Å². The van der Waals surface area contributed by atoms with Crippen molar-refractivity contribution in [3.8, 4) is 0 Å². The maximum atomic E-state index is 12.1. The molecule has 2 N–H and O–H groups in total. The highest BCUT2D eigenvalue weighted by molar-refractivity contribution is 5.96. The Labute approximate surface area is 211 Å². The van der Waals surface area contributed by atoms with Crippen LogP contribution in [0, 0.1) is 0 Å². The van der Waals surface area contributed by atoms with Crippen molar-refractivity contribution in [2.75, 3.05) is 5.32 Å². The van der Waals surface area contributed by atoms with Crippen LogP contribution in [0.1, 0.15) is 65.2 Å². The summed E-state index contributed by atoms with van der Waals surface area (Å²) in [5.41, 5.74) is 0.657. The van der Waals surface area contributed by atoms with Crippen molar-refractivity contribution < 1.29 is 9.59 Å². The molecule has 1 aromatic rings. The zero-order chi connectivity index (χ0) is 25.4. The lowest BCUT2D eigenvalue weighted by molar-refractivity contribution is -0.126. The van der Waals surface area contributed by atoms with Crippen molar-refractivity contribution in [2.45, 2.75) is 71.3 Å². The molecule has 0 aliphatic rings. The molecule has 0 radical (unpaired) electrons. The molecule has 0 aliphatic carbocycles. The summed E-state index contributed by atoms with van der Waals surface area (Å²) >= 11 is 0. The molecule has 0 spiro atoms. The Morgan fingerprint density at radius 3 is 1.71 bits per heavy atom. The van der Waals surface area contributed by atoms with Crippen LogP contribution in [-0.4, -0.2) is 22.8 Å². The van der Waals surface area contributed by atoms with Crippen molar-refractivity contribution in [1.82, 2.24) is 10.3 Å². The standard InChI is InChI=1S/C30H41N3O2/c1-3-4-5-6-7-8-9-10-11-12-13-14-15-16-17-18-19-20-21-22-29(34)32-27(2)30(35)33-28-23-25-31-26-24-28/h4-5,7-8,10-11,13-14,16-17,19-20,23-27H,3,6,9,12,15,18,21-22H2,1-2H3,(H,32,34)(H,31,33,35)/t27-/m0/s1. The molecule has 1 aromatic heterocycles. The number of pyridine rings is 1. The van der Waals surface area contributed by atoms with E-state index in [1.54, 1.807) is 31.5 Å². The lowest BCUT2D eigenvalue weighted by Crippen LogP contribution is -2.41. The van der Waals surface area contributed by atoms with E-state index in [9.17, 15) is 9.59 Å². The van der Waals surface area contributed by atoms with Crippen molar-refractivity contribution >= 4 is 17.5 Å². The van der Waals surface area contributed by atoms with Crippen LogP contribution >= 0.6 is 0 Å². The molecule has 0 unspecified atom stereocenters. The maximum absolute atomic E-state index is 12.1. The summed E-state index contributed by atoms with van der Waals surface area (Å²) in [5.74, 6) is -0.389. The summed E-state index contributed by atoms with van der Waals surface area (Å²) in [6, 6.07) is 2.81. The molecule has 0 aliphatic heterocycles. The van der Waals surface area contributed by atoms with Gasteiger partial charge in [0, 0.05) is 24.5 Å². The normalized spacial score (nSPS) is 13.2.